The van der Waals surface area contributed by atoms with Crippen molar-refractivity contribution in [3.8, 4) is 0 Å². The molecule has 0 aliphatic rings. The van der Waals surface area contributed by atoms with E-state index in [0.29, 0.717) is 5.82 Å². The Labute approximate surface area is 92.4 Å². The smallest absolute Gasteiger partial charge is 0.278 e. The molecular formula is C7H11Cl3N2O. The molecule has 0 radical (unpaired) electrons. The summed E-state index contributed by atoms with van der Waals surface area (Å²) in [6, 6.07) is 0. The molecule has 6 heteroatoms. The molecule has 1 heterocycles. The minimum atomic E-state index is -1.62. The van der Waals surface area contributed by atoms with Crippen LogP contribution in [-0.4, -0.2) is 10.1 Å². The van der Waals surface area contributed by atoms with Crippen molar-refractivity contribution in [2.45, 2.75) is 31.0 Å². The molecule has 0 aliphatic carbocycles. The first-order valence-electron chi connectivity index (χ1n) is 3.32. The summed E-state index contributed by atoms with van der Waals surface area (Å²) in [5.74, 6) is 0.711. The van der Waals surface area contributed by atoms with Gasteiger partial charge >= 0.3 is 0 Å². The Bertz CT molecular complexity index is 267. The van der Waals surface area contributed by atoms with Crippen molar-refractivity contribution in [2.75, 3.05) is 0 Å². The summed E-state index contributed by atoms with van der Waals surface area (Å²) >= 11 is 16.5. The van der Waals surface area contributed by atoms with E-state index < -0.39 is 3.79 Å². The van der Waals surface area contributed by atoms with E-state index in [2.05, 4.69) is 10.1 Å². The second-order valence-electron chi connectivity index (χ2n) is 2.61. The van der Waals surface area contributed by atoms with Crippen molar-refractivity contribution >= 4 is 34.8 Å². The molecule has 76 valence electrons. The molecule has 0 saturated heterocycles. The first-order chi connectivity index (χ1) is 5.41. The third-order valence-corrected chi connectivity index (χ3v) is 1.69. The Balaban J connectivity index is 0.00000144. The Hall–Kier alpha value is 0.01000. The minimum Gasteiger partial charge on any atom is -0.335 e. The monoisotopic (exact) mass is 244 g/mol. The summed E-state index contributed by atoms with van der Waals surface area (Å²) in [5, 5.41) is 3.64. The van der Waals surface area contributed by atoms with Crippen molar-refractivity contribution in [3.63, 3.8) is 0 Å². The highest BCUT2D eigenvalue weighted by Crippen LogP contribution is 2.37. The van der Waals surface area contributed by atoms with Crippen molar-refractivity contribution in [3.05, 3.63) is 11.7 Å². The fraction of sp³-hybridized carbons (Fsp3) is 0.714. The maximum Gasteiger partial charge on any atom is 0.278 e. The first-order valence-corrected chi connectivity index (χ1v) is 4.45. The standard InChI is InChI=1S/C6H7Cl3N2O.CH4/c1-3(2)4-10-5(12-11-4)6(7,8)9;/h3H,1-2H3;1H4. The van der Waals surface area contributed by atoms with E-state index >= 15 is 0 Å². The van der Waals surface area contributed by atoms with Gasteiger partial charge < -0.3 is 4.52 Å². The number of alkyl halides is 3. The summed E-state index contributed by atoms with van der Waals surface area (Å²) in [4.78, 5) is 3.91. The predicted octanol–water partition coefficient (Wildman–Crippen LogP) is 3.66. The van der Waals surface area contributed by atoms with E-state index in [9.17, 15) is 0 Å². The summed E-state index contributed by atoms with van der Waals surface area (Å²) in [6.45, 7) is 3.85. The SMILES string of the molecule is C.CC(C)c1noc(C(Cl)(Cl)Cl)n1. The van der Waals surface area contributed by atoms with Gasteiger partial charge in [0.25, 0.3) is 9.68 Å². The number of nitrogens with zero attached hydrogens (tertiary/aromatic N) is 2. The molecule has 1 aromatic rings. The average molecular weight is 246 g/mol. The molecule has 0 fully saturated rings. The van der Waals surface area contributed by atoms with E-state index in [1.807, 2.05) is 13.8 Å². The van der Waals surface area contributed by atoms with Crippen LogP contribution in [0.1, 0.15) is 38.9 Å². The van der Waals surface area contributed by atoms with Gasteiger partial charge in [-0.25, -0.2) is 0 Å². The van der Waals surface area contributed by atoms with Crippen LogP contribution < -0.4 is 0 Å². The van der Waals surface area contributed by atoms with Crippen LogP contribution in [0.15, 0.2) is 4.52 Å². The van der Waals surface area contributed by atoms with Gasteiger partial charge in [-0.2, -0.15) is 4.98 Å². The molecule has 13 heavy (non-hydrogen) atoms. The zero-order valence-corrected chi connectivity index (χ0v) is 8.78. The lowest BCUT2D eigenvalue weighted by Crippen LogP contribution is -2.00. The van der Waals surface area contributed by atoms with Gasteiger partial charge in [0.15, 0.2) is 5.82 Å². The van der Waals surface area contributed by atoms with Crippen molar-refractivity contribution in [1.82, 2.24) is 10.1 Å². The van der Waals surface area contributed by atoms with Crippen molar-refractivity contribution in [2.24, 2.45) is 0 Å². The summed E-state index contributed by atoms with van der Waals surface area (Å²) in [6.07, 6.45) is 0. The van der Waals surface area contributed by atoms with Gasteiger partial charge in [-0.3, -0.25) is 0 Å². The number of aromatic nitrogens is 2. The number of hydrogen-bond donors (Lipinski definition) is 0. The quantitative estimate of drug-likeness (QED) is 0.709. The molecule has 0 atom stereocenters. The molecule has 0 spiro atoms. The van der Waals surface area contributed by atoms with E-state index in [-0.39, 0.29) is 19.2 Å². The molecule has 0 aliphatic heterocycles. The number of rotatable bonds is 1. The molecule has 0 amide bonds. The first kappa shape index (κ1) is 13.0. The molecule has 1 rings (SSSR count). The van der Waals surface area contributed by atoms with E-state index in [4.69, 9.17) is 39.3 Å². The van der Waals surface area contributed by atoms with E-state index in [1.54, 1.807) is 0 Å². The van der Waals surface area contributed by atoms with E-state index in [1.165, 1.54) is 0 Å². The fourth-order valence-electron chi connectivity index (χ4n) is 0.585. The summed E-state index contributed by atoms with van der Waals surface area (Å²) in [5.41, 5.74) is 0. The Kier molecular flexibility index (Phi) is 4.49. The zero-order valence-electron chi connectivity index (χ0n) is 6.51. The highest BCUT2D eigenvalue weighted by Gasteiger charge is 2.30. The van der Waals surface area contributed by atoms with Crippen LogP contribution in [0.3, 0.4) is 0 Å². The van der Waals surface area contributed by atoms with Crippen LogP contribution in [0, 0.1) is 0 Å². The molecule has 0 unspecified atom stereocenters. The zero-order chi connectivity index (χ0) is 9.35. The van der Waals surface area contributed by atoms with Crippen molar-refractivity contribution < 1.29 is 4.52 Å². The van der Waals surface area contributed by atoms with Crippen LogP contribution in [0.25, 0.3) is 0 Å². The Morgan fingerprint density at radius 2 is 1.85 bits per heavy atom. The molecule has 3 nitrogen and oxygen atoms in total. The lowest BCUT2D eigenvalue weighted by molar-refractivity contribution is 0.375. The molecule has 1 aromatic heterocycles. The van der Waals surface area contributed by atoms with Gasteiger partial charge in [0, 0.05) is 5.92 Å². The third kappa shape index (κ3) is 3.33. The van der Waals surface area contributed by atoms with Crippen molar-refractivity contribution in [1.29, 1.82) is 0 Å². The normalized spacial score (nSPS) is 11.5. The second kappa shape index (κ2) is 4.49. The predicted molar refractivity (Wildman–Crippen MR) is 54.4 cm³/mol. The maximum atomic E-state index is 5.51. The lowest BCUT2D eigenvalue weighted by Gasteiger charge is -2.01. The van der Waals surface area contributed by atoms with Gasteiger partial charge in [-0.1, -0.05) is 61.2 Å². The number of hydrogen-bond acceptors (Lipinski definition) is 3. The second-order valence-corrected chi connectivity index (χ2v) is 4.89. The summed E-state index contributed by atoms with van der Waals surface area (Å²) in [7, 11) is 0. The largest absolute Gasteiger partial charge is 0.335 e. The van der Waals surface area contributed by atoms with Crippen LogP contribution in [-0.2, 0) is 3.79 Å². The highest BCUT2D eigenvalue weighted by molar-refractivity contribution is 6.66. The number of halogens is 3. The fourth-order valence-corrected chi connectivity index (χ4v) is 0.815. The van der Waals surface area contributed by atoms with E-state index in [0.717, 1.165) is 0 Å². The lowest BCUT2D eigenvalue weighted by atomic mass is 10.2. The maximum absolute atomic E-state index is 5.51. The Morgan fingerprint density at radius 1 is 1.31 bits per heavy atom. The van der Waals surface area contributed by atoms with Gasteiger partial charge in [0.1, 0.15) is 0 Å². The van der Waals surface area contributed by atoms with Crippen LogP contribution in [0.5, 0.6) is 0 Å². The van der Waals surface area contributed by atoms with Crippen LogP contribution in [0.4, 0.5) is 0 Å². The molecule has 0 aromatic carbocycles. The molecule has 0 bridgehead atoms. The van der Waals surface area contributed by atoms with Gasteiger partial charge in [0.2, 0.25) is 0 Å². The van der Waals surface area contributed by atoms with Gasteiger partial charge in [0.05, 0.1) is 0 Å². The topological polar surface area (TPSA) is 38.9 Å². The minimum absolute atomic E-state index is 0. The van der Waals surface area contributed by atoms with Crippen LogP contribution in [0.2, 0.25) is 0 Å². The highest BCUT2D eigenvalue weighted by atomic mass is 35.6. The van der Waals surface area contributed by atoms with Gasteiger partial charge in [-0.05, 0) is 0 Å². The summed E-state index contributed by atoms with van der Waals surface area (Å²) < 4.78 is 3.11. The van der Waals surface area contributed by atoms with Gasteiger partial charge in [-0.15, -0.1) is 0 Å². The average Bonchev–Trinajstić information content (AvgIpc) is 2.30. The third-order valence-electron chi connectivity index (χ3n) is 1.20. The Morgan fingerprint density at radius 3 is 2.08 bits per heavy atom. The molecule has 0 N–H and O–H groups in total. The van der Waals surface area contributed by atoms with Crippen LogP contribution >= 0.6 is 34.8 Å². The molecular weight excluding hydrogens is 234 g/mol. The molecule has 0 saturated carbocycles.